The third-order valence-corrected chi connectivity index (χ3v) is 9.40. The molecule has 6 aliphatic rings. The Hall–Kier alpha value is -2.96. The summed E-state index contributed by atoms with van der Waals surface area (Å²) in [6.45, 7) is 5.70. The second kappa shape index (κ2) is 10.3. The maximum atomic E-state index is 15.0. The number of morpholine rings is 1. The molecular formula is C30H38F3N5O4. The fourth-order valence-electron chi connectivity index (χ4n) is 7.33. The van der Waals surface area contributed by atoms with Crippen molar-refractivity contribution in [2.24, 2.45) is 0 Å². The molecule has 1 N–H and O–H groups in total. The van der Waals surface area contributed by atoms with Gasteiger partial charge >= 0.3 is 6.18 Å². The topological polar surface area (TPSA) is 75.5 Å². The molecule has 2 bridgehead atoms. The number of likely N-dealkylation sites (tertiary alicyclic amines) is 1. The summed E-state index contributed by atoms with van der Waals surface area (Å²) in [7, 11) is 0. The van der Waals surface area contributed by atoms with Gasteiger partial charge in [-0.1, -0.05) is 0 Å². The number of piperidine rings is 1. The van der Waals surface area contributed by atoms with E-state index in [0.717, 1.165) is 38.3 Å². The van der Waals surface area contributed by atoms with Crippen LogP contribution in [0.25, 0.3) is 0 Å². The quantitative estimate of drug-likeness (QED) is 0.531. The molecule has 0 amide bonds. The molecule has 4 unspecified atom stereocenters. The summed E-state index contributed by atoms with van der Waals surface area (Å²) in [5, 5.41) is 15.4. The summed E-state index contributed by atoms with van der Waals surface area (Å²) in [6.07, 6.45) is 6.79. The van der Waals surface area contributed by atoms with Crippen LogP contribution in [-0.4, -0.2) is 81.0 Å². The maximum absolute atomic E-state index is 15.0. The maximum Gasteiger partial charge on any atom is 0.419 e. The first kappa shape index (κ1) is 27.8. The van der Waals surface area contributed by atoms with Gasteiger partial charge in [0.25, 0.3) is 0 Å². The number of hydrogen-bond acceptors (Lipinski definition) is 8. The van der Waals surface area contributed by atoms with E-state index in [-0.39, 0.29) is 30.1 Å². The Morgan fingerprint density at radius 3 is 2.60 bits per heavy atom. The molecule has 7 heterocycles. The SMILES string of the molecule is C[C@@H]1CC(C)(O)CCN1C1=C2C=C(N3C4CCC3COC4)OC=C2N(c2ccn(C3CCCCO3)n2)C=C1C(F)(F)F. The molecule has 228 valence electrons. The van der Waals surface area contributed by atoms with Gasteiger partial charge in [0.15, 0.2) is 11.7 Å². The highest BCUT2D eigenvalue weighted by Gasteiger charge is 2.48. The number of hydrogen-bond donors (Lipinski definition) is 1. The van der Waals surface area contributed by atoms with Gasteiger partial charge in [0, 0.05) is 49.3 Å². The van der Waals surface area contributed by atoms with Gasteiger partial charge in [0.1, 0.15) is 12.5 Å². The van der Waals surface area contributed by atoms with Gasteiger partial charge in [0.05, 0.1) is 47.9 Å². The van der Waals surface area contributed by atoms with Gasteiger partial charge in [-0.25, -0.2) is 4.68 Å². The van der Waals surface area contributed by atoms with Crippen molar-refractivity contribution in [3.8, 4) is 0 Å². The van der Waals surface area contributed by atoms with E-state index in [2.05, 4.69) is 10.00 Å². The molecule has 1 aromatic rings. The van der Waals surface area contributed by atoms with Gasteiger partial charge in [-0.3, -0.25) is 4.90 Å². The monoisotopic (exact) mass is 589 g/mol. The highest BCUT2D eigenvalue weighted by Crippen LogP contribution is 2.47. The number of anilines is 1. The van der Waals surface area contributed by atoms with Gasteiger partial charge in [-0.15, -0.1) is 0 Å². The first-order chi connectivity index (χ1) is 20.1. The normalized spacial score (nSPS) is 33.7. The van der Waals surface area contributed by atoms with Gasteiger partial charge in [-0.05, 0) is 58.8 Å². The molecule has 0 radical (unpaired) electrons. The van der Waals surface area contributed by atoms with E-state index in [4.69, 9.17) is 14.2 Å². The molecule has 0 saturated carbocycles. The summed E-state index contributed by atoms with van der Waals surface area (Å²) in [4.78, 5) is 5.46. The Kier molecular flexibility index (Phi) is 6.86. The van der Waals surface area contributed by atoms with E-state index in [1.807, 2.05) is 6.92 Å². The number of allylic oxidation sites excluding steroid dienone is 2. The highest BCUT2D eigenvalue weighted by molar-refractivity contribution is 5.67. The number of nitrogens with zero attached hydrogens (tertiary/aromatic N) is 5. The fraction of sp³-hybridized carbons (Fsp3) is 0.633. The zero-order valence-corrected chi connectivity index (χ0v) is 24.0. The van der Waals surface area contributed by atoms with E-state index < -0.39 is 17.4 Å². The van der Waals surface area contributed by atoms with Crippen molar-refractivity contribution in [3.63, 3.8) is 0 Å². The lowest BCUT2D eigenvalue weighted by molar-refractivity contribution is -0.0941. The Bertz CT molecular complexity index is 1330. The lowest BCUT2D eigenvalue weighted by Gasteiger charge is -2.47. The van der Waals surface area contributed by atoms with Crippen LogP contribution in [0.5, 0.6) is 0 Å². The summed E-state index contributed by atoms with van der Waals surface area (Å²) in [5.74, 6) is 0.901. The van der Waals surface area contributed by atoms with Crippen LogP contribution in [0.1, 0.15) is 65.0 Å². The van der Waals surface area contributed by atoms with Gasteiger partial charge < -0.3 is 29.1 Å². The van der Waals surface area contributed by atoms with Crippen molar-refractivity contribution in [1.29, 1.82) is 0 Å². The molecule has 7 rings (SSSR count). The van der Waals surface area contributed by atoms with E-state index in [1.54, 1.807) is 41.1 Å². The van der Waals surface area contributed by atoms with Crippen LogP contribution < -0.4 is 4.90 Å². The zero-order chi connectivity index (χ0) is 29.2. The molecule has 5 atom stereocenters. The molecule has 0 spiro atoms. The van der Waals surface area contributed by atoms with Crippen molar-refractivity contribution < 1.29 is 32.5 Å². The minimum Gasteiger partial charge on any atom is -0.447 e. The molecule has 0 aliphatic carbocycles. The molecule has 4 saturated heterocycles. The lowest BCUT2D eigenvalue weighted by Crippen LogP contribution is -2.50. The minimum atomic E-state index is -4.63. The third kappa shape index (κ3) is 4.90. The lowest BCUT2D eigenvalue weighted by atomic mass is 9.86. The Morgan fingerprint density at radius 1 is 1.12 bits per heavy atom. The van der Waals surface area contributed by atoms with Crippen LogP contribution in [0.2, 0.25) is 0 Å². The molecule has 9 nitrogen and oxygen atoms in total. The van der Waals surface area contributed by atoms with E-state index in [1.165, 1.54) is 4.90 Å². The van der Waals surface area contributed by atoms with Crippen molar-refractivity contribution in [2.75, 3.05) is 31.3 Å². The van der Waals surface area contributed by atoms with Crippen molar-refractivity contribution in [3.05, 3.63) is 59.2 Å². The van der Waals surface area contributed by atoms with Crippen LogP contribution in [0.3, 0.4) is 0 Å². The molecule has 6 aliphatic heterocycles. The number of ether oxygens (including phenoxy) is 3. The number of fused-ring (bicyclic) bond motifs is 3. The summed E-state index contributed by atoms with van der Waals surface area (Å²) >= 11 is 0. The van der Waals surface area contributed by atoms with E-state index in [9.17, 15) is 5.11 Å². The Labute approximate surface area is 243 Å². The minimum absolute atomic E-state index is 0.115. The summed E-state index contributed by atoms with van der Waals surface area (Å²) < 4.78 is 64.6. The Morgan fingerprint density at radius 2 is 1.90 bits per heavy atom. The number of aromatic nitrogens is 2. The van der Waals surface area contributed by atoms with E-state index >= 15 is 13.2 Å². The number of aliphatic hydroxyl groups is 1. The first-order valence-electron chi connectivity index (χ1n) is 15.0. The van der Waals surface area contributed by atoms with Gasteiger partial charge in [-0.2, -0.15) is 18.3 Å². The van der Waals surface area contributed by atoms with Crippen LogP contribution >= 0.6 is 0 Å². The molecule has 4 fully saturated rings. The van der Waals surface area contributed by atoms with Crippen molar-refractivity contribution in [2.45, 2.75) is 94.9 Å². The van der Waals surface area contributed by atoms with Crippen molar-refractivity contribution >= 4 is 5.82 Å². The predicted octanol–water partition coefficient (Wildman–Crippen LogP) is 4.91. The van der Waals surface area contributed by atoms with Gasteiger partial charge in [0.2, 0.25) is 0 Å². The van der Waals surface area contributed by atoms with Crippen LogP contribution in [0, 0.1) is 0 Å². The second-order valence-electron chi connectivity index (χ2n) is 12.6. The molecule has 42 heavy (non-hydrogen) atoms. The molecule has 1 aromatic heterocycles. The smallest absolute Gasteiger partial charge is 0.419 e. The third-order valence-electron chi connectivity index (χ3n) is 9.40. The van der Waals surface area contributed by atoms with Crippen LogP contribution in [0.15, 0.2) is 59.2 Å². The number of alkyl halides is 3. The highest BCUT2D eigenvalue weighted by atomic mass is 19.4. The summed E-state index contributed by atoms with van der Waals surface area (Å²) in [6, 6.07) is 1.66. The van der Waals surface area contributed by atoms with Crippen LogP contribution in [-0.2, 0) is 14.2 Å². The average molecular weight is 590 g/mol. The molecule has 12 heteroatoms. The zero-order valence-electron chi connectivity index (χ0n) is 24.0. The average Bonchev–Trinajstić information content (AvgIpc) is 3.54. The van der Waals surface area contributed by atoms with Crippen LogP contribution in [0.4, 0.5) is 19.0 Å². The first-order valence-corrected chi connectivity index (χ1v) is 15.0. The summed E-state index contributed by atoms with van der Waals surface area (Å²) in [5.41, 5.74) is -0.630. The standard InChI is InChI=1S/C30H38F3N5O4/c1-19-14-29(2,39)9-11-35(19)28-22-13-27(38-20-6-7-21(38)17-40-16-20)42-18-24(22)36(15-23(28)30(31,32)33)25-8-10-37(34-25)26-5-3-4-12-41-26/h8,10,13,15,18-21,26,39H,3-7,9,11-12,14,16-17H2,1-2H3/t19-,20?,21?,26?,29?/m1/s1. The molecule has 0 aromatic carbocycles. The number of rotatable bonds is 4. The molecular weight excluding hydrogens is 551 g/mol. The Balaban J connectivity index is 1.33. The predicted molar refractivity (Wildman–Crippen MR) is 147 cm³/mol. The fourth-order valence-corrected chi connectivity index (χ4v) is 7.33. The van der Waals surface area contributed by atoms with Crippen molar-refractivity contribution in [1.82, 2.24) is 19.6 Å². The second-order valence-corrected chi connectivity index (χ2v) is 12.6. The van der Waals surface area contributed by atoms with E-state index in [0.29, 0.717) is 62.2 Å². The largest absolute Gasteiger partial charge is 0.447 e. The number of halogens is 3.